The minimum Gasteiger partial charge on any atom is -0.406 e. The zero-order chi connectivity index (χ0) is 14.5. The van der Waals surface area contributed by atoms with E-state index in [0.717, 1.165) is 12.1 Å². The highest BCUT2D eigenvalue weighted by Gasteiger charge is 2.30. The number of amides is 2. The van der Waals surface area contributed by atoms with E-state index >= 15 is 0 Å². The Morgan fingerprint density at radius 1 is 1.37 bits per heavy atom. The monoisotopic (exact) mass is 278 g/mol. The molecule has 0 saturated heterocycles. The Balaban J connectivity index is 2.50. The van der Waals surface area contributed by atoms with Gasteiger partial charge in [-0.3, -0.25) is 0 Å². The number of aliphatic hydroxyl groups is 1. The van der Waals surface area contributed by atoms with E-state index in [-0.39, 0.29) is 12.3 Å². The first kappa shape index (κ1) is 15.1. The molecule has 0 heterocycles. The van der Waals surface area contributed by atoms with Crippen molar-refractivity contribution in [1.82, 2.24) is 5.32 Å². The first-order chi connectivity index (χ1) is 8.76. The average molecular weight is 278 g/mol. The number of anilines is 1. The standard InChI is InChI=1S/C11H13F3N2O3/c1-7(17)6-15-10(18)16-8-2-4-9(5-3-8)19-11(12,13)14/h2-5,7,17H,6H2,1H3,(H2,15,16,18). The number of rotatable bonds is 4. The SMILES string of the molecule is CC(O)CNC(=O)Nc1ccc(OC(F)(F)F)cc1. The molecule has 5 nitrogen and oxygen atoms in total. The van der Waals surface area contributed by atoms with Crippen LogP contribution in [0.5, 0.6) is 5.75 Å². The first-order valence-electron chi connectivity index (χ1n) is 5.35. The maximum Gasteiger partial charge on any atom is 0.573 e. The highest BCUT2D eigenvalue weighted by atomic mass is 19.4. The van der Waals surface area contributed by atoms with Crippen LogP contribution in [0.3, 0.4) is 0 Å². The number of ether oxygens (including phenoxy) is 1. The van der Waals surface area contributed by atoms with Crippen LogP contribution in [0.2, 0.25) is 0 Å². The van der Waals surface area contributed by atoms with Crippen LogP contribution < -0.4 is 15.4 Å². The van der Waals surface area contributed by atoms with E-state index in [1.807, 2.05) is 0 Å². The second kappa shape index (κ2) is 6.28. The summed E-state index contributed by atoms with van der Waals surface area (Å²) in [6, 6.07) is 4.13. The maximum atomic E-state index is 11.9. The van der Waals surface area contributed by atoms with Gasteiger partial charge in [-0.2, -0.15) is 0 Å². The topological polar surface area (TPSA) is 70.6 Å². The third kappa shape index (κ3) is 6.51. The van der Waals surface area contributed by atoms with Gasteiger partial charge < -0.3 is 20.5 Å². The van der Waals surface area contributed by atoms with E-state index in [1.165, 1.54) is 19.1 Å². The molecule has 1 rings (SSSR count). The minimum absolute atomic E-state index is 0.0705. The fourth-order valence-electron chi connectivity index (χ4n) is 1.16. The number of hydrogen-bond donors (Lipinski definition) is 3. The van der Waals surface area contributed by atoms with Gasteiger partial charge in [-0.15, -0.1) is 13.2 Å². The summed E-state index contributed by atoms with van der Waals surface area (Å²) in [7, 11) is 0. The van der Waals surface area contributed by atoms with Crippen molar-refractivity contribution in [2.24, 2.45) is 0 Å². The van der Waals surface area contributed by atoms with E-state index in [1.54, 1.807) is 0 Å². The second-order valence-electron chi connectivity index (χ2n) is 3.76. The summed E-state index contributed by atoms with van der Waals surface area (Å²) in [5.41, 5.74) is 0.303. The third-order valence-electron chi connectivity index (χ3n) is 1.90. The van der Waals surface area contributed by atoms with E-state index in [9.17, 15) is 18.0 Å². The van der Waals surface area contributed by atoms with Gasteiger partial charge in [-0.1, -0.05) is 0 Å². The Kier molecular flexibility index (Phi) is 4.99. The van der Waals surface area contributed by atoms with Crippen molar-refractivity contribution >= 4 is 11.7 Å². The summed E-state index contributed by atoms with van der Waals surface area (Å²) in [5.74, 6) is -0.373. The predicted octanol–water partition coefficient (Wildman–Crippen LogP) is 2.09. The summed E-state index contributed by atoms with van der Waals surface area (Å²) in [6.45, 7) is 1.57. The molecule has 0 fully saturated rings. The molecule has 0 saturated carbocycles. The highest BCUT2D eigenvalue weighted by Crippen LogP contribution is 2.23. The van der Waals surface area contributed by atoms with Gasteiger partial charge in [0.15, 0.2) is 0 Å². The lowest BCUT2D eigenvalue weighted by atomic mass is 10.3. The molecule has 0 bridgehead atoms. The van der Waals surface area contributed by atoms with Crippen molar-refractivity contribution < 1.29 is 27.8 Å². The number of urea groups is 1. The van der Waals surface area contributed by atoms with Gasteiger partial charge in [0.05, 0.1) is 6.10 Å². The Hall–Kier alpha value is -1.96. The van der Waals surface area contributed by atoms with Gasteiger partial charge in [-0.25, -0.2) is 4.79 Å². The van der Waals surface area contributed by atoms with E-state index in [0.29, 0.717) is 5.69 Å². The molecule has 3 N–H and O–H groups in total. The molecular weight excluding hydrogens is 265 g/mol. The predicted molar refractivity (Wildman–Crippen MR) is 61.8 cm³/mol. The van der Waals surface area contributed by atoms with Crippen molar-refractivity contribution in [3.63, 3.8) is 0 Å². The van der Waals surface area contributed by atoms with Crippen LogP contribution in [0, 0.1) is 0 Å². The van der Waals surface area contributed by atoms with Crippen molar-refractivity contribution in [2.75, 3.05) is 11.9 Å². The van der Waals surface area contributed by atoms with Gasteiger partial charge in [0.2, 0.25) is 0 Å². The molecule has 19 heavy (non-hydrogen) atoms. The maximum absolute atomic E-state index is 11.9. The average Bonchev–Trinajstić information content (AvgIpc) is 2.27. The van der Waals surface area contributed by atoms with Crippen LogP contribution in [0.25, 0.3) is 0 Å². The zero-order valence-electron chi connectivity index (χ0n) is 9.99. The summed E-state index contributed by atoms with van der Waals surface area (Å²) in [4.78, 5) is 11.3. The molecule has 0 aliphatic rings. The molecular formula is C11H13F3N2O3. The number of nitrogens with one attached hydrogen (secondary N) is 2. The van der Waals surface area contributed by atoms with E-state index < -0.39 is 18.5 Å². The molecule has 0 radical (unpaired) electrons. The third-order valence-corrected chi connectivity index (χ3v) is 1.90. The normalized spacial score (nSPS) is 12.7. The molecule has 106 valence electrons. The van der Waals surface area contributed by atoms with Crippen molar-refractivity contribution in [1.29, 1.82) is 0 Å². The van der Waals surface area contributed by atoms with Crippen LogP contribution in [-0.4, -0.2) is 30.1 Å². The minimum atomic E-state index is -4.75. The van der Waals surface area contributed by atoms with Crippen LogP contribution in [0.15, 0.2) is 24.3 Å². The first-order valence-corrected chi connectivity index (χ1v) is 5.35. The van der Waals surface area contributed by atoms with Gasteiger partial charge >= 0.3 is 12.4 Å². The van der Waals surface area contributed by atoms with E-state index in [4.69, 9.17) is 5.11 Å². The Morgan fingerprint density at radius 3 is 2.42 bits per heavy atom. The van der Waals surface area contributed by atoms with Gasteiger partial charge in [0.1, 0.15) is 5.75 Å². The van der Waals surface area contributed by atoms with Gasteiger partial charge in [0.25, 0.3) is 0 Å². The Bertz CT molecular complexity index is 418. The summed E-state index contributed by atoms with van der Waals surface area (Å²) in [6.07, 6.45) is -5.43. The fourth-order valence-corrected chi connectivity index (χ4v) is 1.16. The largest absolute Gasteiger partial charge is 0.573 e. The number of benzene rings is 1. The molecule has 1 aromatic carbocycles. The van der Waals surface area contributed by atoms with Crippen LogP contribution in [-0.2, 0) is 0 Å². The number of hydrogen-bond acceptors (Lipinski definition) is 3. The van der Waals surface area contributed by atoms with Crippen molar-refractivity contribution in [2.45, 2.75) is 19.4 Å². The van der Waals surface area contributed by atoms with Crippen LogP contribution in [0.1, 0.15) is 6.92 Å². The quantitative estimate of drug-likeness (QED) is 0.789. The van der Waals surface area contributed by atoms with Gasteiger partial charge in [-0.05, 0) is 31.2 Å². The molecule has 8 heteroatoms. The summed E-state index contributed by atoms with van der Waals surface area (Å²) in [5, 5.41) is 13.7. The molecule has 0 aromatic heterocycles. The lowest BCUT2D eigenvalue weighted by Gasteiger charge is -2.11. The van der Waals surface area contributed by atoms with Crippen molar-refractivity contribution in [3.8, 4) is 5.75 Å². The smallest absolute Gasteiger partial charge is 0.406 e. The molecule has 0 aliphatic heterocycles. The molecule has 1 aromatic rings. The number of carbonyl (C=O) groups is 1. The van der Waals surface area contributed by atoms with Crippen LogP contribution in [0.4, 0.5) is 23.7 Å². The fraction of sp³-hybridized carbons (Fsp3) is 0.364. The molecule has 2 amide bonds. The molecule has 1 unspecified atom stereocenters. The molecule has 0 aliphatic carbocycles. The zero-order valence-corrected chi connectivity index (χ0v) is 9.99. The Labute approximate surface area is 107 Å². The number of aliphatic hydroxyl groups excluding tert-OH is 1. The molecule has 0 spiro atoms. The number of alkyl halides is 3. The Morgan fingerprint density at radius 2 is 1.95 bits per heavy atom. The highest BCUT2D eigenvalue weighted by molar-refractivity contribution is 5.89. The number of halogens is 3. The van der Waals surface area contributed by atoms with Crippen molar-refractivity contribution in [3.05, 3.63) is 24.3 Å². The summed E-state index contributed by atoms with van der Waals surface area (Å²) < 4.78 is 39.4. The second-order valence-corrected chi connectivity index (χ2v) is 3.76. The number of carbonyl (C=O) groups excluding carboxylic acids is 1. The van der Waals surface area contributed by atoms with Gasteiger partial charge in [0, 0.05) is 12.2 Å². The molecule has 1 atom stereocenters. The van der Waals surface area contributed by atoms with E-state index in [2.05, 4.69) is 15.4 Å². The summed E-state index contributed by atoms with van der Waals surface area (Å²) >= 11 is 0. The lowest BCUT2D eigenvalue weighted by molar-refractivity contribution is -0.274. The lowest BCUT2D eigenvalue weighted by Crippen LogP contribution is -2.34. The van der Waals surface area contributed by atoms with Crippen LogP contribution >= 0.6 is 0 Å².